The molecule has 4 aromatic rings. The van der Waals surface area contributed by atoms with Crippen molar-refractivity contribution in [1.82, 2.24) is 10.6 Å². The van der Waals surface area contributed by atoms with Gasteiger partial charge in [0.1, 0.15) is 0 Å². The lowest BCUT2D eigenvalue weighted by molar-refractivity contribution is 0.514. The van der Waals surface area contributed by atoms with Gasteiger partial charge >= 0.3 is 0 Å². The Morgan fingerprint density at radius 3 is 1.39 bits per heavy atom. The van der Waals surface area contributed by atoms with E-state index in [1.807, 2.05) is 0 Å². The molecule has 2 atom stereocenters. The van der Waals surface area contributed by atoms with Crippen molar-refractivity contribution in [2.45, 2.75) is 25.9 Å². The highest BCUT2D eigenvalue weighted by Gasteiger charge is 2.10. The van der Waals surface area contributed by atoms with Gasteiger partial charge in [0.25, 0.3) is 0 Å². The first kappa shape index (κ1) is 18.7. The number of hydrogen-bond donors (Lipinski definition) is 2. The van der Waals surface area contributed by atoms with Crippen LogP contribution in [-0.2, 0) is 0 Å². The van der Waals surface area contributed by atoms with Crippen LogP contribution in [0.25, 0.3) is 21.5 Å². The van der Waals surface area contributed by atoms with Crippen LogP contribution >= 0.6 is 0 Å². The Balaban J connectivity index is 1.36. The molecule has 4 rings (SSSR count). The van der Waals surface area contributed by atoms with Gasteiger partial charge in [-0.3, -0.25) is 0 Å². The second-order valence-electron chi connectivity index (χ2n) is 7.49. The monoisotopic (exact) mass is 368 g/mol. The lowest BCUT2D eigenvalue weighted by atomic mass is 9.99. The van der Waals surface area contributed by atoms with E-state index in [1.165, 1.54) is 32.7 Å². The predicted octanol–water partition coefficient (Wildman–Crippen LogP) is 5.99. The summed E-state index contributed by atoms with van der Waals surface area (Å²) in [4.78, 5) is 0. The lowest BCUT2D eigenvalue weighted by Gasteiger charge is -2.19. The third-order valence-corrected chi connectivity index (χ3v) is 5.61. The molecule has 4 aromatic carbocycles. The number of fused-ring (bicyclic) bond motifs is 2. The van der Waals surface area contributed by atoms with E-state index in [4.69, 9.17) is 0 Å². The number of hydrogen-bond acceptors (Lipinski definition) is 2. The molecule has 0 saturated carbocycles. The summed E-state index contributed by atoms with van der Waals surface area (Å²) in [7, 11) is 0. The summed E-state index contributed by atoms with van der Waals surface area (Å²) in [6.07, 6.45) is 0. The molecule has 0 bridgehead atoms. The first-order valence-electron chi connectivity index (χ1n) is 10.2. The molecule has 28 heavy (non-hydrogen) atoms. The molecule has 2 nitrogen and oxygen atoms in total. The molecular weight excluding hydrogens is 340 g/mol. The molecule has 142 valence electrons. The van der Waals surface area contributed by atoms with Crippen molar-refractivity contribution >= 4 is 21.5 Å². The van der Waals surface area contributed by atoms with E-state index in [-0.39, 0.29) is 0 Å². The first-order chi connectivity index (χ1) is 13.7. The largest absolute Gasteiger partial charge is 0.309 e. The highest BCUT2D eigenvalue weighted by Crippen LogP contribution is 2.25. The van der Waals surface area contributed by atoms with Crippen LogP contribution < -0.4 is 10.6 Å². The summed E-state index contributed by atoms with van der Waals surface area (Å²) in [6.45, 7) is 6.35. The van der Waals surface area contributed by atoms with Gasteiger partial charge in [0.05, 0.1) is 0 Å². The minimum Gasteiger partial charge on any atom is -0.309 e. The average molecular weight is 369 g/mol. The molecule has 0 saturated heterocycles. The van der Waals surface area contributed by atoms with Crippen molar-refractivity contribution in [1.29, 1.82) is 0 Å². The standard InChI is InChI=1S/C26H28N2/c1-19(23-15-7-11-21-9-3-5-13-25(21)23)27-17-18-28-20(2)24-16-8-12-22-10-4-6-14-26(22)24/h3-16,19-20,27-28H,17-18H2,1-2H3/t19-,20-/m1/s1. The quantitative estimate of drug-likeness (QED) is 0.391. The van der Waals surface area contributed by atoms with Crippen LogP contribution in [0.2, 0.25) is 0 Å². The predicted molar refractivity (Wildman–Crippen MR) is 121 cm³/mol. The zero-order valence-electron chi connectivity index (χ0n) is 16.7. The summed E-state index contributed by atoms with van der Waals surface area (Å²) < 4.78 is 0. The van der Waals surface area contributed by atoms with Gasteiger partial charge in [-0.15, -0.1) is 0 Å². The molecule has 2 heteroatoms. The fourth-order valence-electron chi connectivity index (χ4n) is 4.05. The number of nitrogens with one attached hydrogen (secondary N) is 2. The van der Waals surface area contributed by atoms with Gasteiger partial charge in [0.2, 0.25) is 0 Å². The van der Waals surface area contributed by atoms with Crippen molar-refractivity contribution in [3.63, 3.8) is 0 Å². The van der Waals surface area contributed by atoms with E-state index in [9.17, 15) is 0 Å². The molecule has 2 N–H and O–H groups in total. The molecular formula is C26H28N2. The minimum atomic E-state index is 0.320. The number of rotatable bonds is 7. The Bertz CT molecular complexity index is 972. The maximum Gasteiger partial charge on any atom is 0.0298 e. The van der Waals surface area contributed by atoms with Gasteiger partial charge < -0.3 is 10.6 Å². The molecule has 0 aromatic heterocycles. The average Bonchev–Trinajstić information content (AvgIpc) is 2.75. The highest BCUT2D eigenvalue weighted by atomic mass is 15.0. The molecule has 0 aliphatic heterocycles. The van der Waals surface area contributed by atoms with Crippen molar-refractivity contribution in [3.8, 4) is 0 Å². The van der Waals surface area contributed by atoms with E-state index in [0.29, 0.717) is 12.1 Å². The third kappa shape index (κ3) is 3.94. The fraction of sp³-hybridized carbons (Fsp3) is 0.231. The van der Waals surface area contributed by atoms with E-state index in [2.05, 4.69) is 109 Å². The number of benzene rings is 4. The van der Waals surface area contributed by atoms with Crippen LogP contribution in [0.5, 0.6) is 0 Å². The van der Waals surface area contributed by atoms with Gasteiger partial charge in [-0.1, -0.05) is 84.9 Å². The molecule has 0 radical (unpaired) electrons. The Morgan fingerprint density at radius 1 is 0.536 bits per heavy atom. The highest BCUT2D eigenvalue weighted by molar-refractivity contribution is 5.86. The Morgan fingerprint density at radius 2 is 0.929 bits per heavy atom. The third-order valence-electron chi connectivity index (χ3n) is 5.61. The van der Waals surface area contributed by atoms with E-state index >= 15 is 0 Å². The van der Waals surface area contributed by atoms with E-state index < -0.39 is 0 Å². The van der Waals surface area contributed by atoms with Crippen LogP contribution in [0.3, 0.4) is 0 Å². The summed E-state index contributed by atoms with van der Waals surface area (Å²) in [5, 5.41) is 12.6. The minimum absolute atomic E-state index is 0.320. The molecule has 0 aliphatic carbocycles. The SMILES string of the molecule is C[C@@H](NCCN[C@H](C)c1cccc2ccccc12)c1cccc2ccccc12. The van der Waals surface area contributed by atoms with Gasteiger partial charge in [0.15, 0.2) is 0 Å². The Hall–Kier alpha value is -2.68. The second kappa shape index (κ2) is 8.55. The molecule has 0 fully saturated rings. The second-order valence-corrected chi connectivity index (χ2v) is 7.49. The summed E-state index contributed by atoms with van der Waals surface area (Å²) in [5.74, 6) is 0. The van der Waals surface area contributed by atoms with Crippen molar-refractivity contribution in [3.05, 3.63) is 96.1 Å². The van der Waals surface area contributed by atoms with Crippen LogP contribution in [-0.4, -0.2) is 13.1 Å². The first-order valence-corrected chi connectivity index (χ1v) is 10.2. The van der Waals surface area contributed by atoms with Gasteiger partial charge in [-0.2, -0.15) is 0 Å². The zero-order valence-corrected chi connectivity index (χ0v) is 16.7. The topological polar surface area (TPSA) is 24.1 Å². The van der Waals surface area contributed by atoms with Crippen LogP contribution in [0.1, 0.15) is 37.1 Å². The fourth-order valence-corrected chi connectivity index (χ4v) is 4.05. The molecule has 0 spiro atoms. The molecule has 0 unspecified atom stereocenters. The van der Waals surface area contributed by atoms with Gasteiger partial charge in [0, 0.05) is 25.2 Å². The van der Waals surface area contributed by atoms with E-state index in [1.54, 1.807) is 0 Å². The van der Waals surface area contributed by atoms with Crippen LogP contribution in [0.4, 0.5) is 0 Å². The Kier molecular flexibility index (Phi) is 5.70. The maximum atomic E-state index is 3.67. The summed E-state index contributed by atoms with van der Waals surface area (Å²) >= 11 is 0. The van der Waals surface area contributed by atoms with E-state index in [0.717, 1.165) is 13.1 Å². The van der Waals surface area contributed by atoms with Crippen molar-refractivity contribution in [2.24, 2.45) is 0 Å². The zero-order chi connectivity index (χ0) is 19.3. The molecule has 0 heterocycles. The lowest BCUT2D eigenvalue weighted by Crippen LogP contribution is -2.30. The maximum absolute atomic E-state index is 3.67. The van der Waals surface area contributed by atoms with Crippen LogP contribution in [0, 0.1) is 0 Å². The summed E-state index contributed by atoms with van der Waals surface area (Å²) in [6, 6.07) is 31.0. The van der Waals surface area contributed by atoms with Gasteiger partial charge in [-0.05, 0) is 46.5 Å². The normalized spacial score (nSPS) is 13.6. The molecule has 0 amide bonds. The Labute approximate surface area is 167 Å². The van der Waals surface area contributed by atoms with Gasteiger partial charge in [-0.25, -0.2) is 0 Å². The van der Waals surface area contributed by atoms with Crippen molar-refractivity contribution < 1.29 is 0 Å². The van der Waals surface area contributed by atoms with Crippen molar-refractivity contribution in [2.75, 3.05) is 13.1 Å². The smallest absolute Gasteiger partial charge is 0.0298 e. The summed E-state index contributed by atoms with van der Waals surface area (Å²) in [5.41, 5.74) is 2.72. The molecule has 0 aliphatic rings. The van der Waals surface area contributed by atoms with Crippen LogP contribution in [0.15, 0.2) is 84.9 Å².